The Morgan fingerprint density at radius 3 is 1.14 bits per heavy atom. The molecular formula is C46H88N6O4. The molecule has 0 aliphatic carbocycles. The van der Waals surface area contributed by atoms with E-state index in [2.05, 4.69) is 43.2 Å². The molecule has 0 amide bonds. The normalized spacial score (nSPS) is 19.4. The minimum atomic E-state index is -1.39. The molecule has 0 atom stereocenters. The Labute approximate surface area is 344 Å². The molecule has 4 rings (SSSR count). The lowest BCUT2D eigenvalue weighted by atomic mass is 10.0. The van der Waals surface area contributed by atoms with Gasteiger partial charge in [-0.15, -0.1) is 0 Å². The molecule has 0 saturated carbocycles. The summed E-state index contributed by atoms with van der Waals surface area (Å²) >= 11 is 0. The number of hydrogen-bond acceptors (Lipinski definition) is 10. The molecular weight excluding hydrogens is 701 g/mol. The molecule has 2 saturated heterocycles. The molecule has 0 bridgehead atoms. The molecule has 4 aliphatic rings. The van der Waals surface area contributed by atoms with Gasteiger partial charge in [0.15, 0.2) is 0 Å². The third kappa shape index (κ3) is 23.6. The van der Waals surface area contributed by atoms with Crippen LogP contribution in [0.1, 0.15) is 148 Å². The molecule has 326 valence electrons. The second-order valence-corrected chi connectivity index (χ2v) is 16.9. The molecule has 0 spiro atoms. The minimum absolute atomic E-state index is 0.605. The predicted octanol–water partition coefficient (Wildman–Crippen LogP) is 7.51. The van der Waals surface area contributed by atoms with Crippen molar-refractivity contribution in [1.29, 1.82) is 0 Å². The van der Waals surface area contributed by atoms with Crippen LogP contribution >= 0.6 is 0 Å². The lowest BCUT2D eigenvalue weighted by molar-refractivity contribution is -0.499. The van der Waals surface area contributed by atoms with Gasteiger partial charge in [0.25, 0.3) is 0 Å². The van der Waals surface area contributed by atoms with E-state index in [1.165, 1.54) is 142 Å². The first-order chi connectivity index (χ1) is 27.8. The number of ether oxygens (including phenoxy) is 4. The maximum Gasteiger partial charge on any atom is 0.412 e. The first-order valence-electron chi connectivity index (χ1n) is 24.0. The molecule has 0 aromatic rings. The summed E-state index contributed by atoms with van der Waals surface area (Å²) in [5, 5.41) is 14.0. The third-order valence-corrected chi connectivity index (χ3v) is 12.1. The second-order valence-electron chi connectivity index (χ2n) is 16.9. The van der Waals surface area contributed by atoms with Gasteiger partial charge in [-0.2, -0.15) is 0 Å². The van der Waals surface area contributed by atoms with Gasteiger partial charge in [0.2, 0.25) is 0 Å². The van der Waals surface area contributed by atoms with Crippen LogP contribution in [-0.2, 0) is 18.9 Å². The van der Waals surface area contributed by atoms with E-state index < -0.39 is 6.16 Å². The van der Waals surface area contributed by atoms with Crippen molar-refractivity contribution in [2.24, 2.45) is 0 Å². The lowest BCUT2D eigenvalue weighted by Gasteiger charge is -2.32. The molecule has 56 heavy (non-hydrogen) atoms. The molecule has 0 aromatic carbocycles. The minimum Gasteiger partial charge on any atom is -0.316 e. The standard InChI is InChI=1S/C46H88N6O4/c1(2-10-20-44-22-18-26-47-28-24-44)6-14-40-53-46(55-42-16-8-4-12-34-51-36-30-49-31-37-51,56-43-17-9-5-13-35-52-38-32-50-33-39-52)54-41-15-7-3-11-21-45-23-19-27-48-29-25-45/h22-23,47-50H,1-21,24-43H2. The summed E-state index contributed by atoms with van der Waals surface area (Å²) in [5.74, 6) is 0. The van der Waals surface area contributed by atoms with Crippen LogP contribution < -0.4 is 21.3 Å². The van der Waals surface area contributed by atoms with E-state index in [0.717, 1.165) is 97.3 Å². The topological polar surface area (TPSA) is 91.5 Å². The largest absolute Gasteiger partial charge is 0.412 e. The highest BCUT2D eigenvalue weighted by molar-refractivity contribution is 5.05. The maximum atomic E-state index is 6.56. The lowest BCUT2D eigenvalue weighted by Crippen LogP contribution is -2.44. The summed E-state index contributed by atoms with van der Waals surface area (Å²) in [4.78, 5) is 5.19. The summed E-state index contributed by atoms with van der Waals surface area (Å²) in [6, 6.07) is 0. The zero-order valence-electron chi connectivity index (χ0n) is 36.2. The summed E-state index contributed by atoms with van der Waals surface area (Å²) in [6.45, 7) is 18.6. The summed E-state index contributed by atoms with van der Waals surface area (Å²) < 4.78 is 26.2. The molecule has 0 unspecified atom stereocenters. The molecule has 10 nitrogen and oxygen atoms in total. The van der Waals surface area contributed by atoms with Crippen LogP contribution in [0, 0.1) is 0 Å². The number of unbranched alkanes of at least 4 members (excludes halogenated alkanes) is 13. The van der Waals surface area contributed by atoms with Crippen molar-refractivity contribution in [1.82, 2.24) is 31.1 Å². The van der Waals surface area contributed by atoms with E-state index in [1.807, 2.05) is 0 Å². The second kappa shape index (κ2) is 32.9. The SMILES string of the molecule is C1=C(CCCCCCCOC(OCCCCCCC2=CCCNCC2)(OCCCCCCN2CCNCC2)OCCCCCCN2CCNCC2)CCNCC1. The van der Waals surface area contributed by atoms with E-state index in [1.54, 1.807) is 11.1 Å². The van der Waals surface area contributed by atoms with Crippen molar-refractivity contribution < 1.29 is 18.9 Å². The van der Waals surface area contributed by atoms with E-state index >= 15 is 0 Å². The Balaban J connectivity index is 1.20. The fraction of sp³-hybridized carbons (Fsp3) is 0.913. The zero-order valence-corrected chi connectivity index (χ0v) is 36.2. The van der Waals surface area contributed by atoms with Gasteiger partial charge in [-0.25, -0.2) is 0 Å². The third-order valence-electron chi connectivity index (χ3n) is 12.1. The first kappa shape index (κ1) is 47.8. The Bertz CT molecular complexity index is 955. The molecule has 0 radical (unpaired) electrons. The average molecular weight is 789 g/mol. The van der Waals surface area contributed by atoms with Crippen molar-refractivity contribution >= 4 is 0 Å². The fourth-order valence-electron chi connectivity index (χ4n) is 8.45. The van der Waals surface area contributed by atoms with Gasteiger partial charge in [0, 0.05) is 52.4 Å². The Morgan fingerprint density at radius 2 is 0.732 bits per heavy atom. The van der Waals surface area contributed by atoms with Crippen molar-refractivity contribution in [3.8, 4) is 0 Å². The van der Waals surface area contributed by atoms with Crippen molar-refractivity contribution in [2.45, 2.75) is 154 Å². The summed E-state index contributed by atoms with van der Waals surface area (Å²) in [5.41, 5.74) is 3.30. The highest BCUT2D eigenvalue weighted by Crippen LogP contribution is 2.23. The van der Waals surface area contributed by atoms with Crippen LogP contribution in [0.15, 0.2) is 23.3 Å². The van der Waals surface area contributed by atoms with Crippen molar-refractivity contribution in [3.63, 3.8) is 0 Å². The van der Waals surface area contributed by atoms with Crippen LogP contribution in [0.5, 0.6) is 0 Å². The van der Waals surface area contributed by atoms with Gasteiger partial charge in [-0.1, -0.05) is 81.1 Å². The van der Waals surface area contributed by atoms with Crippen LogP contribution in [0.25, 0.3) is 0 Å². The summed E-state index contributed by atoms with van der Waals surface area (Å²) in [7, 11) is 0. The van der Waals surface area contributed by atoms with Crippen LogP contribution in [0.2, 0.25) is 0 Å². The van der Waals surface area contributed by atoms with Crippen LogP contribution in [-0.4, -0.2) is 134 Å². The number of piperazine rings is 2. The predicted molar refractivity (Wildman–Crippen MR) is 233 cm³/mol. The van der Waals surface area contributed by atoms with Crippen molar-refractivity contribution in [2.75, 3.05) is 118 Å². The highest BCUT2D eigenvalue weighted by Gasteiger charge is 2.35. The quantitative estimate of drug-likeness (QED) is 0.0305. The van der Waals surface area contributed by atoms with Gasteiger partial charge in [0.1, 0.15) is 0 Å². The molecule has 4 N–H and O–H groups in total. The summed E-state index contributed by atoms with van der Waals surface area (Å²) in [6.07, 6.45) is 30.8. The van der Waals surface area contributed by atoms with Gasteiger partial charge in [0.05, 0.1) is 26.4 Å². The van der Waals surface area contributed by atoms with Crippen LogP contribution in [0.3, 0.4) is 0 Å². The van der Waals surface area contributed by atoms with E-state index in [0.29, 0.717) is 26.4 Å². The number of nitrogens with zero attached hydrogens (tertiary/aromatic N) is 2. The van der Waals surface area contributed by atoms with Gasteiger partial charge >= 0.3 is 6.16 Å². The van der Waals surface area contributed by atoms with Gasteiger partial charge < -0.3 is 50.0 Å². The Kier molecular flexibility index (Phi) is 28.0. The van der Waals surface area contributed by atoms with Crippen LogP contribution in [0.4, 0.5) is 0 Å². The monoisotopic (exact) mass is 789 g/mol. The average Bonchev–Trinajstić information content (AvgIpc) is 3.67. The van der Waals surface area contributed by atoms with E-state index in [9.17, 15) is 0 Å². The maximum absolute atomic E-state index is 6.56. The molecule has 2 fully saturated rings. The molecule has 4 heterocycles. The highest BCUT2D eigenvalue weighted by atomic mass is 17.0. The zero-order chi connectivity index (χ0) is 38.9. The van der Waals surface area contributed by atoms with E-state index in [4.69, 9.17) is 18.9 Å². The Hall–Kier alpha value is -0.920. The van der Waals surface area contributed by atoms with Gasteiger partial charge in [-0.3, -0.25) is 0 Å². The smallest absolute Gasteiger partial charge is 0.316 e. The molecule has 10 heteroatoms. The van der Waals surface area contributed by atoms with E-state index in [-0.39, 0.29) is 0 Å². The number of hydrogen-bond donors (Lipinski definition) is 4. The molecule has 0 aromatic heterocycles. The molecule has 4 aliphatic heterocycles. The first-order valence-corrected chi connectivity index (χ1v) is 24.0. The number of nitrogens with one attached hydrogen (secondary N) is 4. The number of rotatable bonds is 33. The van der Waals surface area contributed by atoms with Crippen molar-refractivity contribution in [3.05, 3.63) is 23.3 Å². The Morgan fingerprint density at radius 1 is 0.393 bits per heavy atom. The fourth-order valence-corrected chi connectivity index (χ4v) is 8.45. The van der Waals surface area contributed by atoms with Gasteiger partial charge in [-0.05, 0) is 129 Å².